The van der Waals surface area contributed by atoms with Crippen molar-refractivity contribution in [3.05, 3.63) is 65.8 Å². The summed E-state index contributed by atoms with van der Waals surface area (Å²) < 4.78 is 10.2. The van der Waals surface area contributed by atoms with Crippen LogP contribution in [-0.2, 0) is 31.5 Å². The van der Waals surface area contributed by atoms with E-state index in [0.717, 1.165) is 31.0 Å². The second-order valence-electron chi connectivity index (χ2n) is 6.85. The molecule has 1 aliphatic heterocycles. The molecule has 0 aliphatic carbocycles. The predicted molar refractivity (Wildman–Crippen MR) is 97.2 cm³/mol. The first-order valence-electron chi connectivity index (χ1n) is 8.89. The maximum Gasteiger partial charge on any atom is 0.0952 e. The number of nitrogens with zero attached hydrogens (tertiary/aromatic N) is 6. The van der Waals surface area contributed by atoms with Crippen LogP contribution >= 0.6 is 0 Å². The lowest BCUT2D eigenvalue weighted by molar-refractivity contribution is 0.0567. The van der Waals surface area contributed by atoms with Crippen LogP contribution in [0.5, 0.6) is 0 Å². The third kappa shape index (κ3) is 3.68. The van der Waals surface area contributed by atoms with Crippen LogP contribution in [0.2, 0.25) is 0 Å². The lowest BCUT2D eigenvalue weighted by Crippen LogP contribution is -2.38. The topological polar surface area (TPSA) is 61.0 Å². The van der Waals surface area contributed by atoms with Crippen molar-refractivity contribution in [3.8, 4) is 0 Å². The molecule has 3 aromatic rings. The van der Waals surface area contributed by atoms with E-state index >= 15 is 0 Å². The molecule has 1 atom stereocenters. The standard InChI is InChI=1S/C19H24N6O/c1-15-7-17(23(2)22-15)9-24-10-18-8-20-14-25(18)19(11-24)13-26-12-16-5-3-4-6-21-16/h3-8,14,19H,9-13H2,1-2H3. The summed E-state index contributed by atoms with van der Waals surface area (Å²) in [5, 5.41) is 4.45. The third-order valence-corrected chi connectivity index (χ3v) is 4.77. The molecule has 4 heterocycles. The Morgan fingerprint density at radius 3 is 3.00 bits per heavy atom. The van der Waals surface area contributed by atoms with Gasteiger partial charge in [0, 0.05) is 39.1 Å². The minimum atomic E-state index is 0.249. The minimum Gasteiger partial charge on any atom is -0.373 e. The molecule has 0 radical (unpaired) electrons. The first-order chi connectivity index (χ1) is 12.7. The molecule has 0 N–H and O–H groups in total. The van der Waals surface area contributed by atoms with Crippen molar-refractivity contribution in [2.24, 2.45) is 7.05 Å². The van der Waals surface area contributed by atoms with Gasteiger partial charge in [-0.25, -0.2) is 4.98 Å². The normalized spacial score (nSPS) is 17.4. The molecule has 1 aliphatic rings. The highest BCUT2D eigenvalue weighted by atomic mass is 16.5. The van der Waals surface area contributed by atoms with Crippen LogP contribution < -0.4 is 0 Å². The van der Waals surface area contributed by atoms with E-state index in [9.17, 15) is 0 Å². The van der Waals surface area contributed by atoms with Crippen molar-refractivity contribution in [1.29, 1.82) is 0 Å². The molecule has 0 amide bonds. The van der Waals surface area contributed by atoms with Crippen molar-refractivity contribution < 1.29 is 4.74 Å². The SMILES string of the molecule is Cc1cc(CN2Cc3cncn3C(COCc3ccccn3)C2)n(C)n1. The zero-order valence-electron chi connectivity index (χ0n) is 15.2. The summed E-state index contributed by atoms with van der Waals surface area (Å²) in [5.74, 6) is 0. The van der Waals surface area contributed by atoms with E-state index in [0.29, 0.717) is 13.2 Å². The minimum absolute atomic E-state index is 0.249. The van der Waals surface area contributed by atoms with Crippen LogP contribution in [0.25, 0.3) is 0 Å². The zero-order chi connectivity index (χ0) is 17.9. The summed E-state index contributed by atoms with van der Waals surface area (Å²) >= 11 is 0. The third-order valence-electron chi connectivity index (χ3n) is 4.77. The van der Waals surface area contributed by atoms with Gasteiger partial charge in [0.1, 0.15) is 0 Å². The van der Waals surface area contributed by atoms with Crippen molar-refractivity contribution in [3.63, 3.8) is 0 Å². The van der Waals surface area contributed by atoms with E-state index in [-0.39, 0.29) is 6.04 Å². The Kier molecular flexibility index (Phi) is 4.81. The largest absolute Gasteiger partial charge is 0.373 e. The Morgan fingerprint density at radius 2 is 2.23 bits per heavy atom. The molecule has 3 aromatic heterocycles. The van der Waals surface area contributed by atoms with Gasteiger partial charge >= 0.3 is 0 Å². The molecule has 4 rings (SSSR count). The fourth-order valence-electron chi connectivity index (χ4n) is 3.54. The van der Waals surface area contributed by atoms with Gasteiger partial charge in [-0.3, -0.25) is 14.6 Å². The number of pyridine rings is 1. The van der Waals surface area contributed by atoms with Crippen LogP contribution in [0.4, 0.5) is 0 Å². The lowest BCUT2D eigenvalue weighted by Gasteiger charge is -2.34. The summed E-state index contributed by atoms with van der Waals surface area (Å²) in [4.78, 5) is 11.1. The van der Waals surface area contributed by atoms with Gasteiger partial charge in [-0.1, -0.05) is 6.07 Å². The lowest BCUT2D eigenvalue weighted by atomic mass is 10.2. The van der Waals surface area contributed by atoms with Gasteiger partial charge in [0.25, 0.3) is 0 Å². The number of imidazole rings is 1. The highest BCUT2D eigenvalue weighted by Crippen LogP contribution is 2.23. The molecule has 7 heteroatoms. The predicted octanol–water partition coefficient (Wildman–Crippen LogP) is 2.09. The van der Waals surface area contributed by atoms with Gasteiger partial charge in [0.15, 0.2) is 0 Å². The molecule has 0 spiro atoms. The zero-order valence-corrected chi connectivity index (χ0v) is 15.2. The number of aryl methyl sites for hydroxylation is 2. The molecular formula is C19H24N6O. The van der Waals surface area contributed by atoms with Crippen LogP contribution in [0.15, 0.2) is 43.0 Å². The first kappa shape index (κ1) is 16.9. The summed E-state index contributed by atoms with van der Waals surface area (Å²) in [6.45, 7) is 5.89. The molecule has 0 aromatic carbocycles. The van der Waals surface area contributed by atoms with Crippen LogP contribution in [0.3, 0.4) is 0 Å². The quantitative estimate of drug-likeness (QED) is 0.680. The van der Waals surface area contributed by atoms with Gasteiger partial charge in [-0.15, -0.1) is 0 Å². The highest BCUT2D eigenvalue weighted by Gasteiger charge is 2.25. The first-order valence-corrected chi connectivity index (χ1v) is 8.89. The van der Waals surface area contributed by atoms with Crippen LogP contribution in [0.1, 0.15) is 28.8 Å². The number of hydrogen-bond donors (Lipinski definition) is 0. The van der Waals surface area contributed by atoms with Crippen molar-refractivity contribution in [1.82, 2.24) is 29.2 Å². The smallest absolute Gasteiger partial charge is 0.0952 e. The Morgan fingerprint density at radius 1 is 1.31 bits per heavy atom. The fraction of sp³-hybridized carbons (Fsp3) is 0.421. The van der Waals surface area contributed by atoms with E-state index in [2.05, 4.69) is 30.6 Å². The van der Waals surface area contributed by atoms with Crippen LogP contribution in [-0.4, -0.2) is 42.4 Å². The molecule has 26 heavy (non-hydrogen) atoms. The molecule has 0 saturated heterocycles. The molecule has 0 saturated carbocycles. The summed E-state index contributed by atoms with van der Waals surface area (Å²) in [7, 11) is 2.00. The van der Waals surface area contributed by atoms with Crippen molar-refractivity contribution >= 4 is 0 Å². The van der Waals surface area contributed by atoms with E-state index in [1.54, 1.807) is 6.20 Å². The number of aromatic nitrogens is 5. The molecule has 0 bridgehead atoms. The van der Waals surface area contributed by atoms with Gasteiger partial charge < -0.3 is 9.30 Å². The molecule has 0 fully saturated rings. The average Bonchev–Trinajstić information content (AvgIpc) is 3.22. The second-order valence-corrected chi connectivity index (χ2v) is 6.85. The Labute approximate surface area is 153 Å². The van der Waals surface area contributed by atoms with Gasteiger partial charge in [-0.05, 0) is 25.1 Å². The fourth-order valence-corrected chi connectivity index (χ4v) is 3.54. The summed E-state index contributed by atoms with van der Waals surface area (Å²) in [5.41, 5.74) is 4.46. The van der Waals surface area contributed by atoms with Gasteiger partial charge in [0.2, 0.25) is 0 Å². The monoisotopic (exact) mass is 352 g/mol. The van der Waals surface area contributed by atoms with Crippen molar-refractivity contribution in [2.75, 3.05) is 13.2 Å². The average molecular weight is 352 g/mol. The van der Waals surface area contributed by atoms with Gasteiger partial charge in [0.05, 0.1) is 48.4 Å². The molecule has 1 unspecified atom stereocenters. The van der Waals surface area contributed by atoms with E-state index in [1.807, 2.05) is 49.4 Å². The number of rotatable bonds is 6. The Balaban J connectivity index is 1.42. The summed E-state index contributed by atoms with van der Waals surface area (Å²) in [6.07, 6.45) is 5.66. The maximum atomic E-state index is 5.96. The van der Waals surface area contributed by atoms with Crippen LogP contribution in [0, 0.1) is 6.92 Å². The highest BCUT2D eigenvalue weighted by molar-refractivity contribution is 5.10. The van der Waals surface area contributed by atoms with E-state index in [4.69, 9.17) is 4.74 Å². The second kappa shape index (κ2) is 7.39. The molecular weight excluding hydrogens is 328 g/mol. The number of hydrogen-bond acceptors (Lipinski definition) is 5. The van der Waals surface area contributed by atoms with Gasteiger partial charge in [-0.2, -0.15) is 5.10 Å². The van der Waals surface area contributed by atoms with E-state index < -0.39 is 0 Å². The Hall–Kier alpha value is -2.51. The number of ether oxygens (including phenoxy) is 1. The molecule has 7 nitrogen and oxygen atoms in total. The molecule has 136 valence electrons. The Bertz CT molecular complexity index is 856. The summed E-state index contributed by atoms with van der Waals surface area (Å²) in [6, 6.07) is 8.29. The van der Waals surface area contributed by atoms with Crippen molar-refractivity contribution in [2.45, 2.75) is 32.7 Å². The number of fused-ring (bicyclic) bond motifs is 1. The maximum absolute atomic E-state index is 5.96. The van der Waals surface area contributed by atoms with E-state index in [1.165, 1.54) is 11.4 Å².